The van der Waals surface area contributed by atoms with Crippen LogP contribution in [0.5, 0.6) is 0 Å². The molecule has 0 atom stereocenters. The van der Waals surface area contributed by atoms with Gasteiger partial charge in [0.05, 0.1) is 24.1 Å². The molecular formula is C10H8F2N2O. The summed E-state index contributed by atoms with van der Waals surface area (Å²) in [5, 5.41) is 8.78. The largest absolute Gasteiger partial charge is 0.390 e. The molecule has 78 valence electrons. The van der Waals surface area contributed by atoms with E-state index in [1.165, 1.54) is 6.20 Å². The second kappa shape index (κ2) is 3.78. The molecule has 3 nitrogen and oxygen atoms in total. The highest BCUT2D eigenvalue weighted by Gasteiger charge is 2.09. The fourth-order valence-electron chi connectivity index (χ4n) is 1.26. The molecule has 0 amide bonds. The van der Waals surface area contributed by atoms with Gasteiger partial charge in [-0.2, -0.15) is 0 Å². The topological polar surface area (TPSA) is 48.9 Å². The molecule has 0 spiro atoms. The van der Waals surface area contributed by atoms with Crippen molar-refractivity contribution in [2.24, 2.45) is 0 Å². The zero-order chi connectivity index (χ0) is 10.8. The second-order valence-corrected chi connectivity index (χ2v) is 3.04. The van der Waals surface area contributed by atoms with Crippen LogP contribution in [-0.2, 0) is 6.61 Å². The first-order valence-electron chi connectivity index (χ1n) is 4.31. The molecule has 0 radical (unpaired) electrons. The number of imidazole rings is 1. The first-order chi connectivity index (χ1) is 7.20. The van der Waals surface area contributed by atoms with Crippen LogP contribution in [0.25, 0.3) is 11.4 Å². The minimum atomic E-state index is -0.560. The average Bonchev–Trinajstić information content (AvgIpc) is 2.70. The number of aromatic amines is 1. The van der Waals surface area contributed by atoms with Gasteiger partial charge in [-0.25, -0.2) is 13.8 Å². The number of nitrogens with one attached hydrogen (secondary N) is 1. The van der Waals surface area contributed by atoms with Crippen molar-refractivity contribution in [1.29, 1.82) is 0 Å². The van der Waals surface area contributed by atoms with E-state index in [9.17, 15) is 8.78 Å². The van der Waals surface area contributed by atoms with Crippen LogP contribution in [0.1, 0.15) is 5.69 Å². The van der Waals surface area contributed by atoms with Gasteiger partial charge in [-0.1, -0.05) is 0 Å². The Hall–Kier alpha value is -1.75. The SMILES string of the molecule is OCc1cnc(-c2cc(F)ccc2F)[nH]1. The minimum absolute atomic E-state index is 0.0506. The van der Waals surface area contributed by atoms with E-state index in [-0.39, 0.29) is 18.0 Å². The molecular weight excluding hydrogens is 202 g/mol. The molecule has 0 saturated carbocycles. The molecule has 1 aromatic carbocycles. The predicted molar refractivity (Wildman–Crippen MR) is 49.9 cm³/mol. The van der Waals surface area contributed by atoms with Crippen LogP contribution in [0.4, 0.5) is 8.78 Å². The number of aromatic nitrogens is 2. The smallest absolute Gasteiger partial charge is 0.140 e. The summed E-state index contributed by atoms with van der Waals surface area (Å²) < 4.78 is 26.1. The zero-order valence-corrected chi connectivity index (χ0v) is 7.67. The highest BCUT2D eigenvalue weighted by atomic mass is 19.1. The molecule has 0 aliphatic heterocycles. The highest BCUT2D eigenvalue weighted by Crippen LogP contribution is 2.20. The summed E-state index contributed by atoms with van der Waals surface area (Å²) in [6, 6.07) is 3.12. The summed E-state index contributed by atoms with van der Waals surface area (Å²) in [4.78, 5) is 6.52. The van der Waals surface area contributed by atoms with Gasteiger partial charge in [0.1, 0.15) is 17.5 Å². The summed E-state index contributed by atoms with van der Waals surface area (Å²) >= 11 is 0. The van der Waals surface area contributed by atoms with E-state index in [0.29, 0.717) is 5.69 Å². The predicted octanol–water partition coefficient (Wildman–Crippen LogP) is 1.85. The number of rotatable bonds is 2. The highest BCUT2D eigenvalue weighted by molar-refractivity contribution is 5.56. The molecule has 0 aliphatic rings. The third kappa shape index (κ3) is 1.87. The van der Waals surface area contributed by atoms with E-state index in [4.69, 9.17) is 5.11 Å². The maximum absolute atomic E-state index is 13.3. The molecule has 2 rings (SSSR count). The summed E-state index contributed by atoms with van der Waals surface area (Å²) in [5.41, 5.74) is 0.503. The van der Waals surface area contributed by atoms with Gasteiger partial charge in [-0.05, 0) is 18.2 Å². The van der Waals surface area contributed by atoms with Gasteiger partial charge in [0, 0.05) is 0 Å². The Morgan fingerprint density at radius 2 is 2.13 bits per heavy atom. The monoisotopic (exact) mass is 210 g/mol. The molecule has 0 aliphatic carbocycles. The lowest BCUT2D eigenvalue weighted by Gasteiger charge is -1.99. The van der Waals surface area contributed by atoms with Crippen molar-refractivity contribution in [1.82, 2.24) is 9.97 Å². The van der Waals surface area contributed by atoms with Crippen molar-refractivity contribution in [2.75, 3.05) is 0 Å². The Labute approximate surface area is 84.4 Å². The van der Waals surface area contributed by atoms with Crippen molar-refractivity contribution in [3.8, 4) is 11.4 Å². The second-order valence-electron chi connectivity index (χ2n) is 3.04. The Morgan fingerprint density at radius 3 is 2.80 bits per heavy atom. The lowest BCUT2D eigenvalue weighted by Crippen LogP contribution is -1.89. The summed E-state index contributed by atoms with van der Waals surface area (Å²) in [5.74, 6) is -0.889. The number of benzene rings is 1. The van der Waals surface area contributed by atoms with Gasteiger partial charge in [0.2, 0.25) is 0 Å². The first kappa shape index (κ1) is 9.79. The van der Waals surface area contributed by atoms with E-state index in [1.54, 1.807) is 0 Å². The summed E-state index contributed by atoms with van der Waals surface area (Å²) in [6.45, 7) is -0.218. The molecule has 0 saturated heterocycles. The standard InChI is InChI=1S/C10H8F2N2O/c11-6-1-2-9(12)8(3-6)10-13-4-7(5-15)14-10/h1-4,15H,5H2,(H,13,14). The number of nitrogens with zero attached hydrogens (tertiary/aromatic N) is 1. The van der Waals surface area contributed by atoms with Crippen LogP contribution in [0, 0.1) is 11.6 Å². The van der Waals surface area contributed by atoms with Crippen molar-refractivity contribution >= 4 is 0 Å². The number of H-pyrrole nitrogens is 1. The first-order valence-corrected chi connectivity index (χ1v) is 4.31. The van der Waals surface area contributed by atoms with E-state index in [2.05, 4.69) is 9.97 Å². The van der Waals surface area contributed by atoms with Gasteiger partial charge < -0.3 is 10.1 Å². The van der Waals surface area contributed by atoms with Gasteiger partial charge in [0.25, 0.3) is 0 Å². The molecule has 1 heterocycles. The van der Waals surface area contributed by atoms with Crippen LogP contribution in [0.15, 0.2) is 24.4 Å². The van der Waals surface area contributed by atoms with Crippen LogP contribution < -0.4 is 0 Å². The fraction of sp³-hybridized carbons (Fsp3) is 0.100. The van der Waals surface area contributed by atoms with E-state index in [0.717, 1.165) is 18.2 Å². The number of hydrogen-bond donors (Lipinski definition) is 2. The van der Waals surface area contributed by atoms with Crippen LogP contribution >= 0.6 is 0 Å². The maximum Gasteiger partial charge on any atom is 0.140 e. The molecule has 2 N–H and O–H groups in total. The lowest BCUT2D eigenvalue weighted by atomic mass is 10.2. The van der Waals surface area contributed by atoms with Gasteiger partial charge in [0.15, 0.2) is 0 Å². The van der Waals surface area contributed by atoms with Crippen molar-refractivity contribution in [3.05, 3.63) is 41.7 Å². The number of hydrogen-bond acceptors (Lipinski definition) is 2. The molecule has 0 fully saturated rings. The quantitative estimate of drug-likeness (QED) is 0.794. The Kier molecular flexibility index (Phi) is 2.47. The Balaban J connectivity index is 2.48. The summed E-state index contributed by atoms with van der Waals surface area (Å²) in [6.07, 6.45) is 1.37. The normalized spacial score (nSPS) is 10.6. The van der Waals surface area contributed by atoms with Crippen molar-refractivity contribution in [2.45, 2.75) is 6.61 Å². The third-order valence-electron chi connectivity index (χ3n) is 1.98. The molecule has 15 heavy (non-hydrogen) atoms. The van der Waals surface area contributed by atoms with Gasteiger partial charge in [-0.15, -0.1) is 0 Å². The minimum Gasteiger partial charge on any atom is -0.390 e. The number of aliphatic hydroxyl groups excluding tert-OH is 1. The average molecular weight is 210 g/mol. The lowest BCUT2D eigenvalue weighted by molar-refractivity contribution is 0.277. The molecule has 2 aromatic rings. The molecule has 0 bridgehead atoms. The fourth-order valence-corrected chi connectivity index (χ4v) is 1.26. The van der Waals surface area contributed by atoms with E-state index in [1.807, 2.05) is 0 Å². The Bertz CT molecular complexity index is 482. The Morgan fingerprint density at radius 1 is 1.33 bits per heavy atom. The molecule has 5 heteroatoms. The molecule has 1 aromatic heterocycles. The van der Waals surface area contributed by atoms with E-state index < -0.39 is 11.6 Å². The van der Waals surface area contributed by atoms with Crippen LogP contribution in [0.3, 0.4) is 0 Å². The van der Waals surface area contributed by atoms with Gasteiger partial charge >= 0.3 is 0 Å². The molecule has 0 unspecified atom stereocenters. The maximum atomic E-state index is 13.3. The number of halogens is 2. The van der Waals surface area contributed by atoms with E-state index >= 15 is 0 Å². The van der Waals surface area contributed by atoms with Gasteiger partial charge in [-0.3, -0.25) is 0 Å². The van der Waals surface area contributed by atoms with Crippen molar-refractivity contribution < 1.29 is 13.9 Å². The number of aliphatic hydroxyl groups is 1. The zero-order valence-electron chi connectivity index (χ0n) is 7.67. The van der Waals surface area contributed by atoms with Crippen LogP contribution in [0.2, 0.25) is 0 Å². The third-order valence-corrected chi connectivity index (χ3v) is 1.98. The van der Waals surface area contributed by atoms with Crippen molar-refractivity contribution in [3.63, 3.8) is 0 Å². The van der Waals surface area contributed by atoms with Crippen LogP contribution in [-0.4, -0.2) is 15.1 Å². The summed E-state index contributed by atoms with van der Waals surface area (Å²) in [7, 11) is 0.